The third-order valence-corrected chi connectivity index (χ3v) is 4.80. The molecule has 0 radical (unpaired) electrons. The smallest absolute Gasteiger partial charge is 0.487 e. The van der Waals surface area contributed by atoms with E-state index in [1.807, 2.05) is 76.2 Å². The first-order chi connectivity index (χ1) is 11.3. The molecule has 0 unspecified atom stereocenters. The maximum Gasteiger partial charge on any atom is 0.494 e. The zero-order valence-corrected chi connectivity index (χ0v) is 14.7. The van der Waals surface area contributed by atoms with Gasteiger partial charge in [-0.25, -0.2) is 0 Å². The number of hydrogen-bond acceptors (Lipinski definition) is 4. The number of nitrogens with two attached hydrogens (primary N) is 1. The van der Waals surface area contributed by atoms with Gasteiger partial charge in [0.1, 0.15) is 12.4 Å². The average molecular weight is 325 g/mol. The van der Waals surface area contributed by atoms with Gasteiger partial charge in [-0.15, -0.1) is 0 Å². The quantitative estimate of drug-likeness (QED) is 0.693. The maximum absolute atomic E-state index is 6.15. The standard InChI is InChI=1S/C19H24BNO3/c1-18(2)19(3,4)24-20(23-18)15-10-11-17(16(21)12-15)22-13-14-8-6-5-7-9-14/h5-12H,13,21H2,1-4H3. The summed E-state index contributed by atoms with van der Waals surface area (Å²) < 4.78 is 17.9. The second-order valence-electron chi connectivity index (χ2n) is 7.16. The van der Waals surface area contributed by atoms with E-state index in [0.29, 0.717) is 18.0 Å². The molecule has 1 aliphatic rings. The highest BCUT2D eigenvalue weighted by Gasteiger charge is 2.51. The van der Waals surface area contributed by atoms with Crippen molar-refractivity contribution in [2.24, 2.45) is 0 Å². The first kappa shape index (κ1) is 16.9. The van der Waals surface area contributed by atoms with Crippen LogP contribution in [0.3, 0.4) is 0 Å². The summed E-state index contributed by atoms with van der Waals surface area (Å²) in [7, 11) is -0.416. The van der Waals surface area contributed by atoms with E-state index in [9.17, 15) is 0 Å². The van der Waals surface area contributed by atoms with Gasteiger partial charge in [-0.2, -0.15) is 0 Å². The molecule has 5 heteroatoms. The van der Waals surface area contributed by atoms with Crippen LogP contribution in [0.4, 0.5) is 5.69 Å². The second-order valence-corrected chi connectivity index (χ2v) is 7.16. The summed E-state index contributed by atoms with van der Waals surface area (Å²) in [5.41, 5.74) is 8.01. The molecule has 1 fully saturated rings. The summed E-state index contributed by atoms with van der Waals surface area (Å²) in [6.07, 6.45) is 0. The lowest BCUT2D eigenvalue weighted by molar-refractivity contribution is 0.00578. The molecule has 3 rings (SSSR count). The molecule has 1 saturated heterocycles. The first-order valence-corrected chi connectivity index (χ1v) is 8.20. The molecule has 0 spiro atoms. The Labute approximate surface area is 144 Å². The summed E-state index contributed by atoms with van der Waals surface area (Å²) in [6.45, 7) is 8.63. The Kier molecular flexibility index (Phi) is 4.32. The first-order valence-electron chi connectivity index (χ1n) is 8.20. The van der Waals surface area contributed by atoms with Crippen LogP contribution in [0.25, 0.3) is 0 Å². The van der Waals surface area contributed by atoms with E-state index in [2.05, 4.69) is 0 Å². The van der Waals surface area contributed by atoms with Crippen molar-refractivity contribution in [3.63, 3.8) is 0 Å². The Morgan fingerprint density at radius 3 is 2.17 bits per heavy atom. The van der Waals surface area contributed by atoms with Crippen LogP contribution >= 0.6 is 0 Å². The van der Waals surface area contributed by atoms with Crippen LogP contribution in [0.15, 0.2) is 48.5 Å². The topological polar surface area (TPSA) is 53.7 Å². The monoisotopic (exact) mass is 325 g/mol. The van der Waals surface area contributed by atoms with Gasteiger partial charge in [-0.1, -0.05) is 36.4 Å². The van der Waals surface area contributed by atoms with Gasteiger partial charge in [0.15, 0.2) is 0 Å². The van der Waals surface area contributed by atoms with Crippen molar-refractivity contribution in [2.45, 2.75) is 45.5 Å². The van der Waals surface area contributed by atoms with Crippen molar-refractivity contribution >= 4 is 18.3 Å². The zero-order chi connectivity index (χ0) is 17.4. The van der Waals surface area contributed by atoms with Crippen molar-refractivity contribution in [3.05, 3.63) is 54.1 Å². The predicted octanol–water partition coefficient (Wildman–Crippen LogP) is 3.15. The SMILES string of the molecule is CC1(C)OB(c2ccc(OCc3ccccc3)c(N)c2)OC1(C)C. The van der Waals surface area contributed by atoms with Crippen molar-refractivity contribution in [1.29, 1.82) is 0 Å². The molecule has 0 atom stereocenters. The highest BCUT2D eigenvalue weighted by atomic mass is 16.7. The second kappa shape index (κ2) is 6.15. The van der Waals surface area contributed by atoms with Crippen molar-refractivity contribution in [3.8, 4) is 5.75 Å². The van der Waals surface area contributed by atoms with Gasteiger partial charge in [-0.05, 0) is 50.9 Å². The lowest BCUT2D eigenvalue weighted by Crippen LogP contribution is -2.41. The average Bonchev–Trinajstić information content (AvgIpc) is 2.75. The van der Waals surface area contributed by atoms with Crippen molar-refractivity contribution < 1.29 is 14.0 Å². The Bertz CT molecular complexity index is 700. The van der Waals surface area contributed by atoms with E-state index in [1.165, 1.54) is 0 Å². The fourth-order valence-corrected chi connectivity index (χ4v) is 2.56. The molecule has 0 saturated carbocycles. The highest BCUT2D eigenvalue weighted by Crippen LogP contribution is 2.36. The molecule has 0 aliphatic carbocycles. The fourth-order valence-electron chi connectivity index (χ4n) is 2.56. The molecular weight excluding hydrogens is 301 g/mol. The fraction of sp³-hybridized carbons (Fsp3) is 0.368. The Morgan fingerprint density at radius 1 is 0.958 bits per heavy atom. The number of nitrogen functional groups attached to an aromatic ring is 1. The van der Waals surface area contributed by atoms with Crippen LogP contribution in [0.2, 0.25) is 0 Å². The van der Waals surface area contributed by atoms with Crippen molar-refractivity contribution in [1.82, 2.24) is 0 Å². The molecule has 1 heterocycles. The minimum Gasteiger partial charge on any atom is -0.487 e. The van der Waals surface area contributed by atoms with Crippen LogP contribution in [-0.2, 0) is 15.9 Å². The molecule has 2 aromatic rings. The lowest BCUT2D eigenvalue weighted by atomic mass is 9.79. The Hall–Kier alpha value is -1.98. The van der Waals surface area contributed by atoms with Gasteiger partial charge in [0, 0.05) is 0 Å². The van der Waals surface area contributed by atoms with Gasteiger partial charge < -0.3 is 19.8 Å². The molecule has 0 bridgehead atoms. The summed E-state index contributed by atoms with van der Waals surface area (Å²) >= 11 is 0. The van der Waals surface area contributed by atoms with E-state index in [0.717, 1.165) is 11.0 Å². The van der Waals surface area contributed by atoms with E-state index in [1.54, 1.807) is 0 Å². The van der Waals surface area contributed by atoms with Crippen LogP contribution in [-0.4, -0.2) is 18.3 Å². The van der Waals surface area contributed by atoms with Gasteiger partial charge in [0.2, 0.25) is 0 Å². The van der Waals surface area contributed by atoms with E-state index in [-0.39, 0.29) is 11.2 Å². The largest absolute Gasteiger partial charge is 0.494 e. The number of ether oxygens (including phenoxy) is 1. The number of hydrogen-bond donors (Lipinski definition) is 1. The molecular formula is C19H24BNO3. The molecule has 0 amide bonds. The molecule has 2 N–H and O–H groups in total. The van der Waals surface area contributed by atoms with Gasteiger partial charge in [0.25, 0.3) is 0 Å². The third kappa shape index (κ3) is 3.28. The van der Waals surface area contributed by atoms with Crippen LogP contribution in [0.5, 0.6) is 5.75 Å². The van der Waals surface area contributed by atoms with Gasteiger partial charge in [-0.3, -0.25) is 0 Å². The summed E-state index contributed by atoms with van der Waals surface area (Å²) in [5, 5.41) is 0. The zero-order valence-electron chi connectivity index (χ0n) is 14.7. The summed E-state index contributed by atoms with van der Waals surface area (Å²) in [4.78, 5) is 0. The summed E-state index contributed by atoms with van der Waals surface area (Å²) in [6, 6.07) is 15.7. The molecule has 0 aromatic heterocycles. The maximum atomic E-state index is 6.15. The Morgan fingerprint density at radius 2 is 1.58 bits per heavy atom. The van der Waals surface area contributed by atoms with Gasteiger partial charge in [0.05, 0.1) is 16.9 Å². The van der Waals surface area contributed by atoms with Crippen LogP contribution < -0.4 is 15.9 Å². The van der Waals surface area contributed by atoms with E-state index >= 15 is 0 Å². The minimum atomic E-state index is -0.416. The predicted molar refractivity (Wildman–Crippen MR) is 97.3 cm³/mol. The molecule has 4 nitrogen and oxygen atoms in total. The molecule has 2 aromatic carbocycles. The van der Waals surface area contributed by atoms with Gasteiger partial charge >= 0.3 is 7.12 Å². The van der Waals surface area contributed by atoms with E-state index in [4.69, 9.17) is 19.8 Å². The Balaban J connectivity index is 1.71. The molecule has 126 valence electrons. The number of rotatable bonds is 4. The normalized spacial score (nSPS) is 18.6. The highest BCUT2D eigenvalue weighted by molar-refractivity contribution is 6.62. The van der Waals surface area contributed by atoms with Crippen LogP contribution in [0.1, 0.15) is 33.3 Å². The summed E-state index contributed by atoms with van der Waals surface area (Å²) in [5.74, 6) is 0.666. The number of anilines is 1. The van der Waals surface area contributed by atoms with Crippen molar-refractivity contribution in [2.75, 3.05) is 5.73 Å². The third-order valence-electron chi connectivity index (χ3n) is 4.80. The van der Waals surface area contributed by atoms with Crippen LogP contribution in [0, 0.1) is 0 Å². The van der Waals surface area contributed by atoms with E-state index < -0.39 is 7.12 Å². The molecule has 24 heavy (non-hydrogen) atoms. The minimum absolute atomic E-state index is 0.366. The lowest BCUT2D eigenvalue weighted by Gasteiger charge is -2.32. The number of benzene rings is 2. The molecule has 1 aliphatic heterocycles.